The molecule has 0 aliphatic carbocycles. The summed E-state index contributed by atoms with van der Waals surface area (Å²) in [4.78, 5) is 71.0. The van der Waals surface area contributed by atoms with Crippen LogP contribution in [0.4, 0.5) is 11.4 Å². The fourth-order valence-corrected chi connectivity index (χ4v) is 3.32. The van der Waals surface area contributed by atoms with Crippen LogP contribution >= 0.6 is 0 Å². The first-order valence-corrected chi connectivity index (χ1v) is 11.8. The van der Waals surface area contributed by atoms with Crippen LogP contribution in [0.1, 0.15) is 50.8 Å². The SMILES string of the molecule is C[C@H](OC(=O)c1ccc(NC(=O)CCC(=O)OCC(=O)c2ccc([N+](=O)[O-])cc2)cc1)C(=O)c1ccccc1. The lowest BCUT2D eigenvalue weighted by molar-refractivity contribution is -0.384. The Labute approximate surface area is 222 Å². The molecule has 11 heteroatoms. The van der Waals surface area contributed by atoms with Gasteiger partial charge in [0.1, 0.15) is 0 Å². The van der Waals surface area contributed by atoms with Crippen LogP contribution in [0.5, 0.6) is 0 Å². The standard InChI is InChI=1S/C28H24N2O9/c1-18(27(34)20-5-3-2-4-6-20)39-28(35)21-7-11-22(12-8-21)29-25(32)15-16-26(33)38-17-24(31)19-9-13-23(14-10-19)30(36)37/h2-14,18H,15-17H2,1H3,(H,29,32)/t18-/m0/s1. The molecule has 1 atom stereocenters. The number of nitrogens with one attached hydrogen (secondary N) is 1. The number of anilines is 1. The molecule has 0 radical (unpaired) electrons. The molecule has 0 bridgehead atoms. The zero-order valence-electron chi connectivity index (χ0n) is 20.8. The number of benzene rings is 3. The number of ketones is 2. The molecular weight excluding hydrogens is 508 g/mol. The van der Waals surface area contributed by atoms with Crippen LogP contribution in [-0.2, 0) is 19.1 Å². The predicted molar refractivity (Wildman–Crippen MR) is 138 cm³/mol. The van der Waals surface area contributed by atoms with E-state index >= 15 is 0 Å². The van der Waals surface area contributed by atoms with Gasteiger partial charge >= 0.3 is 11.9 Å². The molecule has 0 spiro atoms. The van der Waals surface area contributed by atoms with Crippen LogP contribution < -0.4 is 5.32 Å². The van der Waals surface area contributed by atoms with Gasteiger partial charge in [-0.3, -0.25) is 29.3 Å². The lowest BCUT2D eigenvalue weighted by Crippen LogP contribution is -2.24. The fraction of sp³-hybridized carbons (Fsp3) is 0.179. The summed E-state index contributed by atoms with van der Waals surface area (Å²) < 4.78 is 10.1. The van der Waals surface area contributed by atoms with E-state index in [2.05, 4.69) is 5.32 Å². The number of nitrogens with zero attached hydrogens (tertiary/aromatic N) is 1. The van der Waals surface area contributed by atoms with Gasteiger partial charge in [0.15, 0.2) is 18.5 Å². The van der Waals surface area contributed by atoms with E-state index in [1.54, 1.807) is 30.3 Å². The minimum atomic E-state index is -0.983. The number of hydrogen-bond donors (Lipinski definition) is 1. The van der Waals surface area contributed by atoms with Gasteiger partial charge in [-0.25, -0.2) is 4.79 Å². The molecule has 0 aliphatic heterocycles. The summed E-state index contributed by atoms with van der Waals surface area (Å²) in [5.41, 5.74) is 0.953. The van der Waals surface area contributed by atoms with E-state index < -0.39 is 41.3 Å². The van der Waals surface area contributed by atoms with E-state index in [-0.39, 0.29) is 35.4 Å². The Morgan fingerprint density at radius 1 is 0.821 bits per heavy atom. The van der Waals surface area contributed by atoms with Crippen LogP contribution in [0, 0.1) is 10.1 Å². The third kappa shape index (κ3) is 8.42. The molecule has 0 aliphatic rings. The molecule has 0 saturated heterocycles. The van der Waals surface area contributed by atoms with E-state index in [1.165, 1.54) is 55.5 Å². The first-order chi connectivity index (χ1) is 18.6. The van der Waals surface area contributed by atoms with Crippen LogP contribution in [-0.4, -0.2) is 47.0 Å². The fourth-order valence-electron chi connectivity index (χ4n) is 3.32. The van der Waals surface area contributed by atoms with Gasteiger partial charge in [-0.15, -0.1) is 0 Å². The third-order valence-corrected chi connectivity index (χ3v) is 5.44. The van der Waals surface area contributed by atoms with Crippen molar-refractivity contribution < 1.29 is 38.4 Å². The van der Waals surface area contributed by atoms with E-state index in [4.69, 9.17) is 9.47 Å². The molecule has 200 valence electrons. The Morgan fingerprint density at radius 2 is 1.44 bits per heavy atom. The Kier molecular flexibility index (Phi) is 9.74. The highest BCUT2D eigenvalue weighted by Crippen LogP contribution is 2.15. The number of amides is 1. The zero-order chi connectivity index (χ0) is 28.4. The number of Topliss-reactive ketones (excluding diaryl/α,β-unsaturated/α-hetero) is 2. The van der Waals surface area contributed by atoms with Crippen molar-refractivity contribution >= 4 is 40.8 Å². The number of nitro groups is 1. The number of carbonyl (C=O) groups excluding carboxylic acids is 5. The number of hydrogen-bond acceptors (Lipinski definition) is 9. The van der Waals surface area contributed by atoms with Gasteiger partial charge in [0.2, 0.25) is 11.7 Å². The normalized spacial score (nSPS) is 11.1. The highest BCUT2D eigenvalue weighted by Gasteiger charge is 2.20. The molecule has 0 fully saturated rings. The molecule has 39 heavy (non-hydrogen) atoms. The van der Waals surface area contributed by atoms with Crippen LogP contribution in [0.2, 0.25) is 0 Å². The van der Waals surface area contributed by atoms with E-state index in [0.717, 1.165) is 0 Å². The van der Waals surface area contributed by atoms with Gasteiger partial charge in [-0.05, 0) is 43.3 Å². The van der Waals surface area contributed by atoms with Crippen molar-refractivity contribution in [3.63, 3.8) is 0 Å². The molecule has 1 N–H and O–H groups in total. The maximum Gasteiger partial charge on any atom is 0.338 e. The van der Waals surface area contributed by atoms with Crippen LogP contribution in [0.15, 0.2) is 78.9 Å². The highest BCUT2D eigenvalue weighted by molar-refractivity contribution is 6.01. The van der Waals surface area contributed by atoms with Crippen molar-refractivity contribution in [1.82, 2.24) is 0 Å². The Morgan fingerprint density at radius 3 is 2.05 bits per heavy atom. The topological polar surface area (TPSA) is 159 Å². The number of ether oxygens (including phenoxy) is 2. The lowest BCUT2D eigenvalue weighted by atomic mass is 10.1. The summed E-state index contributed by atoms with van der Waals surface area (Å²) >= 11 is 0. The third-order valence-electron chi connectivity index (χ3n) is 5.44. The number of nitro benzene ring substituents is 1. The molecule has 3 aromatic carbocycles. The molecule has 0 heterocycles. The van der Waals surface area contributed by atoms with Crippen molar-refractivity contribution in [3.8, 4) is 0 Å². The average Bonchev–Trinajstić information content (AvgIpc) is 2.95. The monoisotopic (exact) mass is 532 g/mol. The number of esters is 2. The van der Waals surface area contributed by atoms with E-state index in [0.29, 0.717) is 11.3 Å². The first kappa shape index (κ1) is 28.4. The van der Waals surface area contributed by atoms with Crippen LogP contribution in [0.25, 0.3) is 0 Å². The number of rotatable bonds is 12. The predicted octanol–water partition coefficient (Wildman–Crippen LogP) is 4.17. The molecule has 0 unspecified atom stereocenters. The maximum atomic E-state index is 12.4. The van der Waals surface area contributed by atoms with Crippen molar-refractivity contribution in [2.75, 3.05) is 11.9 Å². The smallest absolute Gasteiger partial charge is 0.338 e. The summed E-state index contributed by atoms with van der Waals surface area (Å²) in [6.45, 7) is 0.920. The zero-order valence-corrected chi connectivity index (χ0v) is 20.8. The first-order valence-electron chi connectivity index (χ1n) is 11.8. The highest BCUT2D eigenvalue weighted by atomic mass is 16.6. The maximum absolute atomic E-state index is 12.4. The van der Waals surface area contributed by atoms with Crippen molar-refractivity contribution in [1.29, 1.82) is 0 Å². The molecule has 1 amide bonds. The van der Waals surface area contributed by atoms with Crippen molar-refractivity contribution in [2.24, 2.45) is 0 Å². The second-order valence-electron chi connectivity index (χ2n) is 8.29. The van der Waals surface area contributed by atoms with Crippen molar-refractivity contribution in [3.05, 3.63) is 106 Å². The Hall–Kier alpha value is -5.19. The van der Waals surface area contributed by atoms with Gasteiger partial charge in [0.05, 0.1) is 16.9 Å². The molecule has 11 nitrogen and oxygen atoms in total. The van der Waals surface area contributed by atoms with Gasteiger partial charge in [0, 0.05) is 35.4 Å². The molecule has 3 rings (SSSR count). The van der Waals surface area contributed by atoms with Crippen LogP contribution in [0.3, 0.4) is 0 Å². The summed E-state index contributed by atoms with van der Waals surface area (Å²) in [7, 11) is 0. The minimum Gasteiger partial charge on any atom is -0.457 e. The summed E-state index contributed by atoms with van der Waals surface area (Å²) in [6.07, 6.45) is -1.48. The van der Waals surface area contributed by atoms with Crippen molar-refractivity contribution in [2.45, 2.75) is 25.9 Å². The largest absolute Gasteiger partial charge is 0.457 e. The quantitative estimate of drug-likeness (QED) is 0.156. The second-order valence-corrected chi connectivity index (χ2v) is 8.29. The number of non-ortho nitro benzene ring substituents is 1. The van der Waals surface area contributed by atoms with E-state index in [1.807, 2.05) is 0 Å². The molecular formula is C28H24N2O9. The lowest BCUT2D eigenvalue weighted by Gasteiger charge is -2.12. The van der Waals surface area contributed by atoms with Gasteiger partial charge in [-0.2, -0.15) is 0 Å². The summed E-state index contributed by atoms with van der Waals surface area (Å²) in [5.74, 6) is -2.83. The summed E-state index contributed by atoms with van der Waals surface area (Å²) in [6, 6.07) is 19.1. The number of carbonyl (C=O) groups is 5. The Balaban J connectivity index is 1.40. The Bertz CT molecular complexity index is 1370. The summed E-state index contributed by atoms with van der Waals surface area (Å²) in [5, 5.41) is 13.2. The average molecular weight is 533 g/mol. The molecule has 3 aromatic rings. The molecule has 0 saturated carbocycles. The minimum absolute atomic E-state index is 0.149. The van der Waals surface area contributed by atoms with Gasteiger partial charge < -0.3 is 14.8 Å². The van der Waals surface area contributed by atoms with E-state index in [9.17, 15) is 34.1 Å². The van der Waals surface area contributed by atoms with Gasteiger partial charge in [0.25, 0.3) is 5.69 Å². The van der Waals surface area contributed by atoms with Gasteiger partial charge in [-0.1, -0.05) is 30.3 Å². The molecule has 0 aromatic heterocycles. The second kappa shape index (κ2) is 13.4.